The topological polar surface area (TPSA) is 83.7 Å². The first-order valence-electron chi connectivity index (χ1n) is 6.26. The van der Waals surface area contributed by atoms with Crippen molar-refractivity contribution in [1.29, 1.82) is 0 Å². The number of nitrogens with two attached hydrogens (primary N) is 1. The third-order valence-electron chi connectivity index (χ3n) is 3.04. The van der Waals surface area contributed by atoms with Crippen molar-refractivity contribution in [2.45, 2.75) is 18.7 Å². The lowest BCUT2D eigenvalue weighted by atomic mass is 10.2. The van der Waals surface area contributed by atoms with Gasteiger partial charge in [-0.15, -0.1) is 0 Å². The first-order valence-corrected chi connectivity index (χ1v) is 7.70. The lowest BCUT2D eigenvalue weighted by molar-refractivity contribution is -0.128. The van der Waals surface area contributed by atoms with E-state index in [-0.39, 0.29) is 23.9 Å². The van der Waals surface area contributed by atoms with Crippen LogP contribution in [0.25, 0.3) is 0 Å². The molecule has 0 aliphatic carbocycles. The lowest BCUT2D eigenvalue weighted by Gasteiger charge is -2.22. The fraction of sp³-hybridized carbons (Fsp3) is 0.462. The maximum atomic E-state index is 12.5. The highest BCUT2D eigenvalue weighted by atomic mass is 32.2. The molecule has 0 aromatic heterocycles. The van der Waals surface area contributed by atoms with Gasteiger partial charge in [-0.25, -0.2) is 8.42 Å². The maximum Gasteiger partial charge on any atom is 0.243 e. The summed E-state index contributed by atoms with van der Waals surface area (Å²) < 4.78 is 26.2. The van der Waals surface area contributed by atoms with Crippen molar-refractivity contribution in [3.63, 3.8) is 0 Å². The highest BCUT2D eigenvalue weighted by Crippen LogP contribution is 2.20. The van der Waals surface area contributed by atoms with E-state index in [1.165, 1.54) is 17.0 Å². The van der Waals surface area contributed by atoms with Crippen molar-refractivity contribution in [3.8, 4) is 0 Å². The fourth-order valence-electron chi connectivity index (χ4n) is 1.62. The Kier molecular flexibility index (Phi) is 5.13. The molecule has 0 atom stereocenters. The summed E-state index contributed by atoms with van der Waals surface area (Å²) in [5, 5.41) is 0. The number of hydrogen-bond donors (Lipinski definition) is 1. The molecule has 0 spiro atoms. The summed E-state index contributed by atoms with van der Waals surface area (Å²) in [5.41, 5.74) is 6.93. The van der Waals surface area contributed by atoms with Crippen LogP contribution < -0.4 is 5.73 Å². The van der Waals surface area contributed by atoms with Gasteiger partial charge in [-0.1, -0.05) is 6.92 Å². The van der Waals surface area contributed by atoms with Gasteiger partial charge >= 0.3 is 0 Å². The smallest absolute Gasteiger partial charge is 0.243 e. The van der Waals surface area contributed by atoms with Gasteiger partial charge in [0.05, 0.1) is 11.4 Å². The maximum absolute atomic E-state index is 12.5. The Labute approximate surface area is 120 Å². The Bertz CT molecular complexity index is 597. The number of benzene rings is 1. The van der Waals surface area contributed by atoms with Crippen molar-refractivity contribution < 1.29 is 13.2 Å². The van der Waals surface area contributed by atoms with Gasteiger partial charge in [-0.05, 0) is 30.7 Å². The molecule has 0 radical (unpaired) electrons. The van der Waals surface area contributed by atoms with Gasteiger partial charge in [0.25, 0.3) is 0 Å². The van der Waals surface area contributed by atoms with E-state index in [2.05, 4.69) is 0 Å². The largest absolute Gasteiger partial charge is 0.399 e. The summed E-state index contributed by atoms with van der Waals surface area (Å²) in [6.45, 7) is 3.50. The molecular weight excluding hydrogens is 278 g/mol. The number of sulfonamides is 1. The summed E-state index contributed by atoms with van der Waals surface area (Å²) >= 11 is 0. The van der Waals surface area contributed by atoms with Crippen LogP contribution >= 0.6 is 0 Å². The molecule has 112 valence electrons. The van der Waals surface area contributed by atoms with Crippen molar-refractivity contribution in [2.24, 2.45) is 0 Å². The molecule has 1 aromatic carbocycles. The van der Waals surface area contributed by atoms with Gasteiger partial charge < -0.3 is 10.6 Å². The molecule has 0 saturated heterocycles. The molecule has 0 bridgehead atoms. The molecule has 0 aliphatic heterocycles. The van der Waals surface area contributed by atoms with Gasteiger partial charge in [-0.3, -0.25) is 4.79 Å². The zero-order chi connectivity index (χ0) is 15.5. The third-order valence-corrected chi connectivity index (χ3v) is 4.96. The minimum absolute atomic E-state index is 0.151. The Morgan fingerprint density at radius 1 is 1.30 bits per heavy atom. The molecule has 1 aromatic rings. The first-order chi connectivity index (χ1) is 9.20. The van der Waals surface area contributed by atoms with Crippen LogP contribution in [0.2, 0.25) is 0 Å². The van der Waals surface area contributed by atoms with Crippen LogP contribution in [0.5, 0.6) is 0 Å². The number of likely N-dealkylation sites (N-methyl/N-ethyl adjacent to an activating group) is 2. The SMILES string of the molecule is CCN(CC(=O)N(C)C)S(=O)(=O)c1ccc(N)c(C)c1. The molecule has 6 nitrogen and oxygen atoms in total. The molecular formula is C13H21N3O3S. The standard InChI is InChI=1S/C13H21N3O3S/c1-5-16(9-13(17)15(3)4)20(18,19)11-6-7-12(14)10(2)8-11/h6-8H,5,9,14H2,1-4H3. The van der Waals surface area contributed by atoms with Crippen LogP contribution in [-0.4, -0.2) is 50.7 Å². The second-order valence-corrected chi connectivity index (χ2v) is 6.68. The summed E-state index contributed by atoms with van der Waals surface area (Å²) in [7, 11) is -0.502. The summed E-state index contributed by atoms with van der Waals surface area (Å²) in [4.78, 5) is 13.2. The van der Waals surface area contributed by atoms with E-state index in [0.29, 0.717) is 11.3 Å². The van der Waals surface area contributed by atoms with Gasteiger partial charge in [0.1, 0.15) is 0 Å². The molecule has 0 saturated carbocycles. The van der Waals surface area contributed by atoms with Crippen LogP contribution in [0.15, 0.2) is 23.1 Å². The number of aryl methyl sites for hydroxylation is 1. The van der Waals surface area contributed by atoms with E-state index in [4.69, 9.17) is 5.73 Å². The predicted molar refractivity (Wildman–Crippen MR) is 78.7 cm³/mol. The number of amides is 1. The van der Waals surface area contributed by atoms with E-state index in [1.807, 2.05) is 0 Å². The van der Waals surface area contributed by atoms with E-state index in [1.54, 1.807) is 34.0 Å². The van der Waals surface area contributed by atoms with E-state index in [0.717, 1.165) is 4.31 Å². The average Bonchev–Trinajstić information content (AvgIpc) is 2.38. The quantitative estimate of drug-likeness (QED) is 0.810. The lowest BCUT2D eigenvalue weighted by Crippen LogP contribution is -2.40. The van der Waals surface area contributed by atoms with Crippen LogP contribution in [0.1, 0.15) is 12.5 Å². The van der Waals surface area contributed by atoms with E-state index < -0.39 is 10.0 Å². The minimum Gasteiger partial charge on any atom is -0.399 e. The Hall–Kier alpha value is -1.60. The molecule has 20 heavy (non-hydrogen) atoms. The predicted octanol–water partition coefficient (Wildman–Crippen LogP) is 0.676. The summed E-state index contributed by atoms with van der Waals surface area (Å²) in [5.74, 6) is -0.261. The van der Waals surface area contributed by atoms with Crippen LogP contribution in [0.3, 0.4) is 0 Å². The van der Waals surface area contributed by atoms with Crippen molar-refractivity contribution in [2.75, 3.05) is 32.9 Å². The second-order valence-electron chi connectivity index (χ2n) is 4.74. The fourth-order valence-corrected chi connectivity index (χ4v) is 3.10. The zero-order valence-electron chi connectivity index (χ0n) is 12.3. The van der Waals surface area contributed by atoms with E-state index in [9.17, 15) is 13.2 Å². The number of rotatable bonds is 5. The highest BCUT2D eigenvalue weighted by molar-refractivity contribution is 7.89. The first kappa shape index (κ1) is 16.5. The number of nitrogen functional groups attached to an aromatic ring is 1. The average molecular weight is 299 g/mol. The van der Waals surface area contributed by atoms with Crippen molar-refractivity contribution in [3.05, 3.63) is 23.8 Å². The molecule has 7 heteroatoms. The van der Waals surface area contributed by atoms with Gasteiger partial charge in [0.15, 0.2) is 0 Å². The summed E-state index contributed by atoms with van der Waals surface area (Å²) in [6.07, 6.45) is 0. The van der Waals surface area contributed by atoms with E-state index >= 15 is 0 Å². The monoisotopic (exact) mass is 299 g/mol. The van der Waals surface area contributed by atoms with Gasteiger partial charge in [-0.2, -0.15) is 4.31 Å². The number of carbonyl (C=O) groups is 1. The van der Waals surface area contributed by atoms with Gasteiger partial charge in [0.2, 0.25) is 15.9 Å². The highest BCUT2D eigenvalue weighted by Gasteiger charge is 2.26. The Morgan fingerprint density at radius 2 is 1.90 bits per heavy atom. The third kappa shape index (κ3) is 3.49. The number of carbonyl (C=O) groups excluding carboxylic acids is 1. The summed E-state index contributed by atoms with van der Waals surface area (Å²) in [6, 6.07) is 4.54. The van der Waals surface area contributed by atoms with Crippen LogP contribution in [0, 0.1) is 6.92 Å². The number of hydrogen-bond acceptors (Lipinski definition) is 4. The zero-order valence-corrected chi connectivity index (χ0v) is 13.1. The molecule has 0 heterocycles. The van der Waals surface area contributed by atoms with Crippen LogP contribution in [0.4, 0.5) is 5.69 Å². The number of nitrogens with zero attached hydrogens (tertiary/aromatic N) is 2. The van der Waals surface area contributed by atoms with Crippen molar-refractivity contribution >= 4 is 21.6 Å². The number of anilines is 1. The molecule has 0 unspecified atom stereocenters. The Morgan fingerprint density at radius 3 is 2.35 bits per heavy atom. The second kappa shape index (κ2) is 6.23. The molecule has 0 fully saturated rings. The van der Waals surface area contributed by atoms with Crippen LogP contribution in [-0.2, 0) is 14.8 Å². The molecule has 2 N–H and O–H groups in total. The molecule has 1 rings (SSSR count). The van der Waals surface area contributed by atoms with Gasteiger partial charge in [0, 0.05) is 26.3 Å². The molecule has 0 aliphatic rings. The van der Waals surface area contributed by atoms with Crippen molar-refractivity contribution in [1.82, 2.24) is 9.21 Å². The minimum atomic E-state index is -3.69. The molecule has 1 amide bonds. The Balaban J connectivity index is 3.12. The normalized spacial score (nSPS) is 11.7.